The molecule has 1 aromatic heterocycles. The standard InChI is InChI=1S/C22H28N4O/c1-17-9-14-26(15-10-17)21-16-18(8-11-23-21)22(27)24-19-4-6-20(7-5-19)25-12-2-3-13-25/h4-8,11,16-17H,2-3,9-10,12-15H2,1H3,(H,24,27). The van der Waals surface area contributed by atoms with Gasteiger partial charge in [-0.2, -0.15) is 0 Å². The summed E-state index contributed by atoms with van der Waals surface area (Å²) in [5, 5.41) is 3.01. The Bertz CT molecular complexity index is 775. The minimum absolute atomic E-state index is 0.0852. The largest absolute Gasteiger partial charge is 0.372 e. The Balaban J connectivity index is 1.41. The van der Waals surface area contributed by atoms with Gasteiger partial charge in [-0.05, 0) is 68.0 Å². The highest BCUT2D eigenvalue weighted by atomic mass is 16.1. The monoisotopic (exact) mass is 364 g/mol. The van der Waals surface area contributed by atoms with Gasteiger partial charge in [0.05, 0.1) is 0 Å². The van der Waals surface area contributed by atoms with Crippen molar-refractivity contribution in [2.75, 3.05) is 41.3 Å². The molecule has 0 unspecified atom stereocenters. The predicted molar refractivity (Wildman–Crippen MR) is 111 cm³/mol. The Labute approximate surface area is 161 Å². The van der Waals surface area contributed by atoms with Crippen molar-refractivity contribution in [3.8, 4) is 0 Å². The molecule has 27 heavy (non-hydrogen) atoms. The molecular weight excluding hydrogens is 336 g/mol. The van der Waals surface area contributed by atoms with Crippen LogP contribution in [0.4, 0.5) is 17.2 Å². The summed E-state index contributed by atoms with van der Waals surface area (Å²) in [6.07, 6.45) is 6.62. The first kappa shape index (κ1) is 17.8. The van der Waals surface area contributed by atoms with Gasteiger partial charge in [-0.1, -0.05) is 6.92 Å². The molecule has 2 fully saturated rings. The highest BCUT2D eigenvalue weighted by molar-refractivity contribution is 6.04. The van der Waals surface area contributed by atoms with E-state index in [2.05, 4.69) is 39.2 Å². The van der Waals surface area contributed by atoms with Crippen LogP contribution in [-0.4, -0.2) is 37.1 Å². The molecule has 1 N–H and O–H groups in total. The van der Waals surface area contributed by atoms with E-state index in [0.29, 0.717) is 5.56 Å². The molecular formula is C22H28N4O. The molecule has 5 nitrogen and oxygen atoms in total. The molecule has 1 amide bonds. The van der Waals surface area contributed by atoms with E-state index in [0.717, 1.165) is 43.6 Å². The third-order valence-electron chi connectivity index (χ3n) is 5.71. The van der Waals surface area contributed by atoms with Crippen molar-refractivity contribution in [3.05, 3.63) is 48.2 Å². The molecule has 0 atom stereocenters. The van der Waals surface area contributed by atoms with Crippen molar-refractivity contribution in [2.45, 2.75) is 32.6 Å². The van der Waals surface area contributed by atoms with E-state index in [1.165, 1.54) is 31.4 Å². The summed E-state index contributed by atoms with van der Waals surface area (Å²) < 4.78 is 0. The van der Waals surface area contributed by atoms with Gasteiger partial charge in [0.25, 0.3) is 5.91 Å². The van der Waals surface area contributed by atoms with E-state index < -0.39 is 0 Å². The number of aromatic nitrogens is 1. The van der Waals surface area contributed by atoms with Crippen LogP contribution in [0.25, 0.3) is 0 Å². The fourth-order valence-corrected chi connectivity index (χ4v) is 3.90. The third kappa shape index (κ3) is 4.24. The summed E-state index contributed by atoms with van der Waals surface area (Å²) in [6, 6.07) is 11.8. The number of nitrogens with one attached hydrogen (secondary N) is 1. The van der Waals surface area contributed by atoms with Gasteiger partial charge < -0.3 is 15.1 Å². The number of nitrogens with zero attached hydrogens (tertiary/aromatic N) is 3. The van der Waals surface area contributed by atoms with Crippen molar-refractivity contribution in [2.24, 2.45) is 5.92 Å². The second kappa shape index (κ2) is 7.99. The summed E-state index contributed by atoms with van der Waals surface area (Å²) in [7, 11) is 0. The number of anilines is 3. The van der Waals surface area contributed by atoms with Crippen molar-refractivity contribution < 1.29 is 4.79 Å². The normalized spacial score (nSPS) is 18.0. The number of rotatable bonds is 4. The van der Waals surface area contributed by atoms with Gasteiger partial charge in [-0.15, -0.1) is 0 Å². The SMILES string of the molecule is CC1CCN(c2cc(C(=O)Nc3ccc(N4CCCC4)cc3)ccn2)CC1. The molecule has 5 heteroatoms. The zero-order chi connectivity index (χ0) is 18.6. The molecule has 1 aromatic carbocycles. The molecule has 0 radical (unpaired) electrons. The molecule has 142 valence electrons. The molecule has 2 saturated heterocycles. The minimum atomic E-state index is -0.0852. The quantitative estimate of drug-likeness (QED) is 0.884. The number of carbonyl (C=O) groups is 1. The molecule has 2 aromatic rings. The van der Waals surface area contributed by atoms with Crippen LogP contribution in [0.15, 0.2) is 42.6 Å². The van der Waals surface area contributed by atoms with Crippen LogP contribution in [0.3, 0.4) is 0 Å². The average Bonchev–Trinajstić information content (AvgIpc) is 3.24. The Kier molecular flexibility index (Phi) is 5.28. The van der Waals surface area contributed by atoms with Crippen molar-refractivity contribution in [3.63, 3.8) is 0 Å². The topological polar surface area (TPSA) is 48.5 Å². The van der Waals surface area contributed by atoms with Crippen molar-refractivity contribution >= 4 is 23.1 Å². The molecule has 2 aliphatic rings. The van der Waals surface area contributed by atoms with E-state index in [1.807, 2.05) is 18.2 Å². The van der Waals surface area contributed by atoms with Gasteiger partial charge in [-0.25, -0.2) is 4.98 Å². The smallest absolute Gasteiger partial charge is 0.255 e. The summed E-state index contributed by atoms with van der Waals surface area (Å²) in [6.45, 7) is 6.57. The zero-order valence-corrected chi connectivity index (χ0v) is 16.0. The number of carbonyl (C=O) groups excluding carboxylic acids is 1. The van der Waals surface area contributed by atoms with Gasteiger partial charge in [0.1, 0.15) is 5.82 Å². The average molecular weight is 364 g/mol. The summed E-state index contributed by atoms with van der Waals surface area (Å²) >= 11 is 0. The zero-order valence-electron chi connectivity index (χ0n) is 16.0. The fourth-order valence-electron chi connectivity index (χ4n) is 3.90. The van der Waals surface area contributed by atoms with E-state index in [4.69, 9.17) is 0 Å². The van der Waals surface area contributed by atoms with E-state index in [9.17, 15) is 4.79 Å². The third-order valence-corrected chi connectivity index (χ3v) is 5.71. The molecule has 0 bridgehead atoms. The van der Waals surface area contributed by atoms with Crippen LogP contribution >= 0.6 is 0 Å². The van der Waals surface area contributed by atoms with Crippen LogP contribution in [0.1, 0.15) is 43.0 Å². The summed E-state index contributed by atoms with van der Waals surface area (Å²) in [4.78, 5) is 21.8. The Morgan fingerprint density at radius 3 is 2.41 bits per heavy atom. The van der Waals surface area contributed by atoms with E-state index in [-0.39, 0.29) is 5.91 Å². The van der Waals surface area contributed by atoms with Gasteiger partial charge in [-0.3, -0.25) is 4.79 Å². The predicted octanol–water partition coefficient (Wildman–Crippen LogP) is 4.17. The van der Waals surface area contributed by atoms with Crippen LogP contribution in [0.5, 0.6) is 0 Å². The maximum absolute atomic E-state index is 12.7. The first-order chi connectivity index (χ1) is 13.2. The number of amides is 1. The van der Waals surface area contributed by atoms with E-state index >= 15 is 0 Å². The van der Waals surface area contributed by atoms with E-state index in [1.54, 1.807) is 12.3 Å². The number of hydrogen-bond acceptors (Lipinski definition) is 4. The molecule has 3 heterocycles. The fraction of sp³-hybridized carbons (Fsp3) is 0.455. The highest BCUT2D eigenvalue weighted by Gasteiger charge is 2.18. The first-order valence-corrected chi connectivity index (χ1v) is 10.1. The second-order valence-electron chi connectivity index (χ2n) is 7.77. The van der Waals surface area contributed by atoms with Crippen LogP contribution < -0.4 is 15.1 Å². The summed E-state index contributed by atoms with van der Waals surface area (Å²) in [5.74, 6) is 1.59. The minimum Gasteiger partial charge on any atom is -0.372 e. The van der Waals surface area contributed by atoms with Gasteiger partial charge in [0.15, 0.2) is 0 Å². The number of benzene rings is 1. The summed E-state index contributed by atoms with van der Waals surface area (Å²) in [5.41, 5.74) is 2.71. The molecule has 4 rings (SSSR count). The Morgan fingerprint density at radius 2 is 1.70 bits per heavy atom. The van der Waals surface area contributed by atoms with Gasteiger partial charge in [0.2, 0.25) is 0 Å². The Morgan fingerprint density at radius 1 is 1.00 bits per heavy atom. The maximum Gasteiger partial charge on any atom is 0.255 e. The molecule has 0 spiro atoms. The van der Waals surface area contributed by atoms with Gasteiger partial charge in [0, 0.05) is 49.3 Å². The maximum atomic E-state index is 12.7. The number of piperidine rings is 1. The van der Waals surface area contributed by atoms with Crippen LogP contribution in [-0.2, 0) is 0 Å². The molecule has 2 aliphatic heterocycles. The molecule has 0 saturated carbocycles. The number of pyridine rings is 1. The van der Waals surface area contributed by atoms with Crippen LogP contribution in [0, 0.1) is 5.92 Å². The lowest BCUT2D eigenvalue weighted by Gasteiger charge is -2.31. The van der Waals surface area contributed by atoms with Crippen molar-refractivity contribution in [1.29, 1.82) is 0 Å². The lowest BCUT2D eigenvalue weighted by Crippen LogP contribution is -2.33. The number of hydrogen-bond donors (Lipinski definition) is 1. The Hall–Kier alpha value is -2.56. The lowest BCUT2D eigenvalue weighted by atomic mass is 9.99. The highest BCUT2D eigenvalue weighted by Crippen LogP contribution is 2.24. The lowest BCUT2D eigenvalue weighted by molar-refractivity contribution is 0.102. The van der Waals surface area contributed by atoms with Crippen LogP contribution in [0.2, 0.25) is 0 Å². The van der Waals surface area contributed by atoms with Crippen molar-refractivity contribution in [1.82, 2.24) is 4.98 Å². The van der Waals surface area contributed by atoms with Gasteiger partial charge >= 0.3 is 0 Å². The molecule has 0 aliphatic carbocycles. The first-order valence-electron chi connectivity index (χ1n) is 10.1. The second-order valence-corrected chi connectivity index (χ2v) is 7.77.